The van der Waals surface area contributed by atoms with Gasteiger partial charge in [0.1, 0.15) is 0 Å². The minimum atomic E-state index is 0.282. The average molecular weight is 203 g/mol. The maximum atomic E-state index is 4.70. The van der Waals surface area contributed by atoms with E-state index in [1.165, 1.54) is 11.3 Å². The van der Waals surface area contributed by atoms with Crippen LogP contribution in [-0.4, -0.2) is 5.71 Å². The molecule has 0 saturated heterocycles. The van der Waals surface area contributed by atoms with Crippen molar-refractivity contribution in [2.75, 3.05) is 0 Å². The van der Waals surface area contributed by atoms with E-state index < -0.39 is 0 Å². The number of rotatable bonds is 4. The molecule has 0 aliphatic rings. The summed E-state index contributed by atoms with van der Waals surface area (Å²) in [4.78, 5) is 4.70. The zero-order valence-corrected chi connectivity index (χ0v) is 10.2. The largest absolute Gasteiger partial charge is 0.287 e. The summed E-state index contributed by atoms with van der Waals surface area (Å²) < 4.78 is 0. The van der Waals surface area contributed by atoms with Gasteiger partial charge < -0.3 is 0 Å². The molecule has 0 heterocycles. The summed E-state index contributed by atoms with van der Waals surface area (Å²) >= 11 is 0. The molecule has 1 rings (SSSR count). The van der Waals surface area contributed by atoms with Gasteiger partial charge in [-0.25, -0.2) is 0 Å². The first kappa shape index (κ1) is 12.0. The lowest BCUT2D eigenvalue weighted by molar-refractivity contribution is 0.675. The SMILES string of the molecule is CC(CC(C)C)=NC(C)c1ccccc1. The zero-order valence-electron chi connectivity index (χ0n) is 10.2. The molecule has 0 amide bonds. The molecule has 1 nitrogen and oxygen atoms in total. The highest BCUT2D eigenvalue weighted by Crippen LogP contribution is 2.17. The molecule has 0 aromatic heterocycles. The van der Waals surface area contributed by atoms with Gasteiger partial charge in [0, 0.05) is 5.71 Å². The molecular formula is C14H21N. The lowest BCUT2D eigenvalue weighted by Gasteiger charge is -2.10. The predicted molar refractivity (Wildman–Crippen MR) is 67.4 cm³/mol. The van der Waals surface area contributed by atoms with Crippen LogP contribution in [0, 0.1) is 5.92 Å². The Balaban J connectivity index is 2.66. The normalized spacial score (nSPS) is 14.3. The molecular weight excluding hydrogens is 182 g/mol. The van der Waals surface area contributed by atoms with E-state index >= 15 is 0 Å². The van der Waals surface area contributed by atoms with Crippen LogP contribution in [-0.2, 0) is 0 Å². The number of nitrogens with zero attached hydrogens (tertiary/aromatic N) is 1. The Morgan fingerprint density at radius 3 is 2.27 bits per heavy atom. The minimum Gasteiger partial charge on any atom is -0.287 e. The fraction of sp³-hybridized carbons (Fsp3) is 0.500. The van der Waals surface area contributed by atoms with E-state index in [0.29, 0.717) is 5.92 Å². The van der Waals surface area contributed by atoms with E-state index in [-0.39, 0.29) is 6.04 Å². The Labute approximate surface area is 93.2 Å². The van der Waals surface area contributed by atoms with Crippen molar-refractivity contribution in [3.63, 3.8) is 0 Å². The number of benzene rings is 1. The van der Waals surface area contributed by atoms with Crippen molar-refractivity contribution in [2.24, 2.45) is 10.9 Å². The summed E-state index contributed by atoms with van der Waals surface area (Å²) in [5.41, 5.74) is 2.54. The van der Waals surface area contributed by atoms with E-state index in [1.807, 2.05) is 6.07 Å². The van der Waals surface area contributed by atoms with Crippen molar-refractivity contribution in [1.82, 2.24) is 0 Å². The van der Waals surface area contributed by atoms with Gasteiger partial charge in [-0.2, -0.15) is 0 Å². The second kappa shape index (κ2) is 5.69. The molecule has 1 atom stereocenters. The molecule has 0 radical (unpaired) electrons. The fourth-order valence-electron chi connectivity index (χ4n) is 1.78. The summed E-state index contributed by atoms with van der Waals surface area (Å²) in [5, 5.41) is 0. The van der Waals surface area contributed by atoms with E-state index in [0.717, 1.165) is 6.42 Å². The number of hydrogen-bond donors (Lipinski definition) is 0. The first-order valence-electron chi connectivity index (χ1n) is 5.68. The first-order valence-corrected chi connectivity index (χ1v) is 5.68. The maximum absolute atomic E-state index is 4.70. The summed E-state index contributed by atoms with van der Waals surface area (Å²) in [5.74, 6) is 0.691. The van der Waals surface area contributed by atoms with Crippen LogP contribution in [0.2, 0.25) is 0 Å². The van der Waals surface area contributed by atoms with Gasteiger partial charge in [0.15, 0.2) is 0 Å². The second-order valence-electron chi connectivity index (χ2n) is 4.55. The summed E-state index contributed by atoms with van der Waals surface area (Å²) in [7, 11) is 0. The number of hydrogen-bond acceptors (Lipinski definition) is 1. The highest BCUT2D eigenvalue weighted by Gasteiger charge is 2.03. The van der Waals surface area contributed by atoms with E-state index in [2.05, 4.69) is 52.0 Å². The van der Waals surface area contributed by atoms with Crippen molar-refractivity contribution >= 4 is 5.71 Å². The molecule has 1 unspecified atom stereocenters. The Hall–Kier alpha value is -1.11. The van der Waals surface area contributed by atoms with Crippen LogP contribution in [0.5, 0.6) is 0 Å². The quantitative estimate of drug-likeness (QED) is 0.648. The Bertz CT molecular complexity index is 311. The Morgan fingerprint density at radius 1 is 1.13 bits per heavy atom. The van der Waals surface area contributed by atoms with Crippen molar-refractivity contribution in [3.8, 4) is 0 Å². The molecule has 1 heteroatoms. The zero-order chi connectivity index (χ0) is 11.3. The van der Waals surface area contributed by atoms with Crippen molar-refractivity contribution in [1.29, 1.82) is 0 Å². The highest BCUT2D eigenvalue weighted by atomic mass is 14.8. The van der Waals surface area contributed by atoms with Gasteiger partial charge in [-0.15, -0.1) is 0 Å². The predicted octanol–water partition coefficient (Wildman–Crippen LogP) is 4.25. The smallest absolute Gasteiger partial charge is 0.0720 e. The lowest BCUT2D eigenvalue weighted by Crippen LogP contribution is -2.01. The first-order chi connectivity index (χ1) is 7.09. The molecule has 0 bridgehead atoms. The van der Waals surface area contributed by atoms with Crippen molar-refractivity contribution < 1.29 is 0 Å². The minimum absolute atomic E-state index is 0.282. The van der Waals surface area contributed by atoms with Crippen molar-refractivity contribution in [3.05, 3.63) is 35.9 Å². The molecule has 82 valence electrons. The van der Waals surface area contributed by atoms with Crippen LogP contribution in [0.15, 0.2) is 35.3 Å². The van der Waals surface area contributed by atoms with Crippen LogP contribution >= 0.6 is 0 Å². The van der Waals surface area contributed by atoms with Crippen LogP contribution in [0.4, 0.5) is 0 Å². The lowest BCUT2D eigenvalue weighted by atomic mass is 10.1. The monoisotopic (exact) mass is 203 g/mol. The third-order valence-electron chi connectivity index (χ3n) is 2.40. The molecule has 1 aromatic carbocycles. The van der Waals surface area contributed by atoms with Crippen LogP contribution in [0.1, 0.15) is 45.7 Å². The molecule has 0 aliphatic heterocycles. The van der Waals surface area contributed by atoms with E-state index in [4.69, 9.17) is 4.99 Å². The summed E-state index contributed by atoms with van der Waals surface area (Å²) in [6.07, 6.45) is 1.09. The third-order valence-corrected chi connectivity index (χ3v) is 2.40. The summed E-state index contributed by atoms with van der Waals surface area (Å²) in [6, 6.07) is 10.7. The van der Waals surface area contributed by atoms with E-state index in [9.17, 15) is 0 Å². The molecule has 0 fully saturated rings. The van der Waals surface area contributed by atoms with Gasteiger partial charge in [0.25, 0.3) is 0 Å². The Kier molecular flexibility index (Phi) is 4.54. The van der Waals surface area contributed by atoms with Crippen LogP contribution < -0.4 is 0 Å². The fourth-order valence-corrected chi connectivity index (χ4v) is 1.78. The Morgan fingerprint density at radius 2 is 1.73 bits per heavy atom. The van der Waals surface area contributed by atoms with Gasteiger partial charge in [-0.1, -0.05) is 44.2 Å². The van der Waals surface area contributed by atoms with Gasteiger partial charge in [-0.3, -0.25) is 4.99 Å². The van der Waals surface area contributed by atoms with Crippen LogP contribution in [0.25, 0.3) is 0 Å². The topological polar surface area (TPSA) is 12.4 Å². The van der Waals surface area contributed by atoms with Crippen LogP contribution in [0.3, 0.4) is 0 Å². The van der Waals surface area contributed by atoms with Gasteiger partial charge in [0.05, 0.1) is 6.04 Å². The molecule has 0 aliphatic carbocycles. The van der Waals surface area contributed by atoms with Gasteiger partial charge in [-0.05, 0) is 31.7 Å². The average Bonchev–Trinajstić information content (AvgIpc) is 2.17. The highest BCUT2D eigenvalue weighted by molar-refractivity contribution is 5.82. The van der Waals surface area contributed by atoms with E-state index in [1.54, 1.807) is 0 Å². The molecule has 0 N–H and O–H groups in total. The molecule has 1 aromatic rings. The molecule has 15 heavy (non-hydrogen) atoms. The van der Waals surface area contributed by atoms with Gasteiger partial charge >= 0.3 is 0 Å². The van der Waals surface area contributed by atoms with Crippen molar-refractivity contribution in [2.45, 2.75) is 40.2 Å². The molecule has 0 saturated carbocycles. The second-order valence-corrected chi connectivity index (χ2v) is 4.55. The number of aliphatic imine (C=N–C) groups is 1. The standard InChI is InChI=1S/C14H21N/c1-11(2)10-12(3)15-13(4)14-8-6-5-7-9-14/h5-9,11,13H,10H2,1-4H3. The maximum Gasteiger partial charge on any atom is 0.0720 e. The van der Waals surface area contributed by atoms with Gasteiger partial charge in [0.2, 0.25) is 0 Å². The molecule has 0 spiro atoms. The third kappa shape index (κ3) is 4.28. The summed E-state index contributed by atoms with van der Waals surface area (Å²) in [6.45, 7) is 8.73.